The summed E-state index contributed by atoms with van der Waals surface area (Å²) in [6.07, 6.45) is 75.1. The quantitative estimate of drug-likeness (QED) is 0.0261. The lowest BCUT2D eigenvalue weighted by Crippen LogP contribution is -2.30. The lowest BCUT2D eigenvalue weighted by Gasteiger charge is -2.18. The molecule has 0 saturated heterocycles. The molecule has 1 unspecified atom stereocenters. The first-order valence-corrected chi connectivity index (χ1v) is 30.8. The fraction of sp³-hybridized carbons (Fsp3) is 0.800. The van der Waals surface area contributed by atoms with E-state index in [-0.39, 0.29) is 31.1 Å². The van der Waals surface area contributed by atoms with Crippen molar-refractivity contribution in [3.8, 4) is 0 Å². The summed E-state index contributed by atoms with van der Waals surface area (Å²) in [6.45, 7) is 6.53. The molecular formula is C65H116O6. The highest BCUT2D eigenvalue weighted by Crippen LogP contribution is 2.17. The van der Waals surface area contributed by atoms with Crippen molar-refractivity contribution in [2.45, 2.75) is 322 Å². The molecule has 0 aromatic heterocycles. The van der Waals surface area contributed by atoms with E-state index in [4.69, 9.17) is 14.2 Å². The molecule has 0 saturated carbocycles. The van der Waals surface area contributed by atoms with Gasteiger partial charge in [0.15, 0.2) is 6.10 Å². The summed E-state index contributed by atoms with van der Waals surface area (Å²) in [7, 11) is 0. The van der Waals surface area contributed by atoms with Crippen LogP contribution in [0.3, 0.4) is 0 Å². The number of esters is 3. The smallest absolute Gasteiger partial charge is 0.306 e. The Morgan fingerprint density at radius 3 is 0.901 bits per heavy atom. The molecule has 0 fully saturated rings. The van der Waals surface area contributed by atoms with Crippen LogP contribution in [-0.4, -0.2) is 37.2 Å². The van der Waals surface area contributed by atoms with Crippen LogP contribution in [0.1, 0.15) is 316 Å². The van der Waals surface area contributed by atoms with Crippen molar-refractivity contribution in [2.75, 3.05) is 13.2 Å². The molecule has 0 bridgehead atoms. The minimum Gasteiger partial charge on any atom is -0.462 e. The van der Waals surface area contributed by atoms with E-state index in [0.717, 1.165) is 103 Å². The molecule has 0 aromatic carbocycles. The zero-order chi connectivity index (χ0) is 51.4. The van der Waals surface area contributed by atoms with E-state index in [0.29, 0.717) is 19.3 Å². The summed E-state index contributed by atoms with van der Waals surface area (Å²) in [5, 5.41) is 0. The molecule has 1 atom stereocenters. The van der Waals surface area contributed by atoms with Crippen LogP contribution in [0.25, 0.3) is 0 Å². The molecule has 0 aliphatic carbocycles. The predicted octanol–water partition coefficient (Wildman–Crippen LogP) is 20.8. The fourth-order valence-electron chi connectivity index (χ4n) is 8.90. The lowest BCUT2D eigenvalue weighted by molar-refractivity contribution is -0.167. The number of allylic oxidation sites excluding steroid dienone is 10. The molecule has 0 aliphatic rings. The summed E-state index contributed by atoms with van der Waals surface area (Å²) < 4.78 is 16.9. The van der Waals surface area contributed by atoms with Crippen molar-refractivity contribution in [1.82, 2.24) is 0 Å². The Kier molecular flexibility index (Phi) is 57.2. The highest BCUT2D eigenvalue weighted by Gasteiger charge is 2.19. The van der Waals surface area contributed by atoms with Crippen molar-refractivity contribution in [2.24, 2.45) is 0 Å². The first-order chi connectivity index (χ1) is 35.0. The van der Waals surface area contributed by atoms with Gasteiger partial charge in [0, 0.05) is 19.3 Å². The molecule has 0 spiro atoms. The van der Waals surface area contributed by atoms with Gasteiger partial charge in [-0.05, 0) is 83.5 Å². The van der Waals surface area contributed by atoms with E-state index in [1.54, 1.807) is 0 Å². The number of carbonyl (C=O) groups is 3. The van der Waals surface area contributed by atoms with Crippen LogP contribution in [0.15, 0.2) is 60.8 Å². The largest absolute Gasteiger partial charge is 0.462 e. The summed E-state index contributed by atoms with van der Waals surface area (Å²) in [5.74, 6) is -0.888. The second-order valence-electron chi connectivity index (χ2n) is 20.6. The summed E-state index contributed by atoms with van der Waals surface area (Å²) in [6, 6.07) is 0. The molecule has 6 heteroatoms. The van der Waals surface area contributed by atoms with Crippen LogP contribution in [0, 0.1) is 0 Å². The van der Waals surface area contributed by atoms with Gasteiger partial charge in [0.2, 0.25) is 0 Å². The second kappa shape index (κ2) is 59.7. The van der Waals surface area contributed by atoms with Crippen LogP contribution in [0.5, 0.6) is 0 Å². The molecule has 71 heavy (non-hydrogen) atoms. The summed E-state index contributed by atoms with van der Waals surface area (Å²) in [4.78, 5) is 38.2. The average Bonchev–Trinajstić information content (AvgIpc) is 3.37. The zero-order valence-corrected chi connectivity index (χ0v) is 47.2. The van der Waals surface area contributed by atoms with E-state index in [2.05, 4.69) is 81.5 Å². The van der Waals surface area contributed by atoms with Gasteiger partial charge in [0.25, 0.3) is 0 Å². The van der Waals surface area contributed by atoms with Crippen molar-refractivity contribution >= 4 is 17.9 Å². The van der Waals surface area contributed by atoms with E-state index < -0.39 is 6.10 Å². The first kappa shape index (κ1) is 68.1. The summed E-state index contributed by atoms with van der Waals surface area (Å²) in [5.41, 5.74) is 0. The molecular weight excluding hydrogens is 877 g/mol. The Balaban J connectivity index is 4.31. The molecule has 412 valence electrons. The standard InChI is InChI=1S/C65H116O6/c1-4-7-10-13-16-19-22-25-27-29-31-32-33-35-36-38-40-43-46-49-52-55-58-64(67)70-61-62(60-69-63(66)57-54-51-48-45-42-24-21-18-15-12-9-6-3)71-65(68)59-56-53-50-47-44-41-39-37-34-30-28-26-23-20-17-14-11-8-5-2/h8,11,17-18,20-21,26,28,34,37,62H,4-7,9-10,12-16,19,22-25,27,29-33,35-36,38-61H2,1-3H3/b11-8-,20-17-,21-18-,28-26-,37-34-. The number of hydrogen-bond donors (Lipinski definition) is 0. The third-order valence-corrected chi connectivity index (χ3v) is 13.5. The van der Waals surface area contributed by atoms with Crippen LogP contribution >= 0.6 is 0 Å². The predicted molar refractivity (Wildman–Crippen MR) is 307 cm³/mol. The van der Waals surface area contributed by atoms with Crippen molar-refractivity contribution in [3.63, 3.8) is 0 Å². The minimum atomic E-state index is -0.784. The molecule has 0 heterocycles. The molecule has 0 rings (SSSR count). The molecule has 0 aromatic rings. The Labute approximate surface area is 440 Å². The van der Waals surface area contributed by atoms with Gasteiger partial charge in [-0.2, -0.15) is 0 Å². The van der Waals surface area contributed by atoms with Gasteiger partial charge in [-0.3, -0.25) is 14.4 Å². The molecule has 0 amide bonds. The van der Waals surface area contributed by atoms with E-state index in [9.17, 15) is 14.4 Å². The zero-order valence-electron chi connectivity index (χ0n) is 47.2. The minimum absolute atomic E-state index is 0.0799. The monoisotopic (exact) mass is 993 g/mol. The van der Waals surface area contributed by atoms with Crippen LogP contribution < -0.4 is 0 Å². The first-order valence-electron chi connectivity index (χ1n) is 30.8. The molecule has 0 N–H and O–H groups in total. The maximum atomic E-state index is 12.9. The van der Waals surface area contributed by atoms with Crippen LogP contribution in [-0.2, 0) is 28.6 Å². The van der Waals surface area contributed by atoms with Gasteiger partial charge < -0.3 is 14.2 Å². The topological polar surface area (TPSA) is 78.9 Å². The Morgan fingerprint density at radius 1 is 0.296 bits per heavy atom. The van der Waals surface area contributed by atoms with Crippen molar-refractivity contribution in [3.05, 3.63) is 60.8 Å². The highest BCUT2D eigenvalue weighted by molar-refractivity contribution is 5.71. The van der Waals surface area contributed by atoms with Gasteiger partial charge in [0.1, 0.15) is 13.2 Å². The number of unbranched alkanes of at least 4 members (excludes halogenated alkanes) is 35. The Morgan fingerprint density at radius 2 is 0.549 bits per heavy atom. The van der Waals surface area contributed by atoms with Gasteiger partial charge in [-0.25, -0.2) is 0 Å². The molecule has 6 nitrogen and oxygen atoms in total. The maximum Gasteiger partial charge on any atom is 0.306 e. The number of hydrogen-bond acceptors (Lipinski definition) is 6. The number of rotatable bonds is 56. The highest BCUT2D eigenvalue weighted by atomic mass is 16.6. The maximum absolute atomic E-state index is 12.9. The fourth-order valence-corrected chi connectivity index (χ4v) is 8.90. The van der Waals surface area contributed by atoms with E-state index in [1.165, 1.54) is 173 Å². The van der Waals surface area contributed by atoms with Crippen molar-refractivity contribution < 1.29 is 28.6 Å². The van der Waals surface area contributed by atoms with Gasteiger partial charge >= 0.3 is 17.9 Å². The molecule has 0 aliphatic heterocycles. The van der Waals surface area contributed by atoms with E-state index >= 15 is 0 Å². The van der Waals surface area contributed by atoms with Gasteiger partial charge in [-0.15, -0.1) is 0 Å². The Hall–Kier alpha value is -2.89. The summed E-state index contributed by atoms with van der Waals surface area (Å²) >= 11 is 0. The van der Waals surface area contributed by atoms with Crippen molar-refractivity contribution in [1.29, 1.82) is 0 Å². The van der Waals surface area contributed by atoms with Gasteiger partial charge in [0.05, 0.1) is 0 Å². The van der Waals surface area contributed by atoms with E-state index in [1.807, 2.05) is 0 Å². The van der Waals surface area contributed by atoms with Crippen LogP contribution in [0.4, 0.5) is 0 Å². The third-order valence-electron chi connectivity index (χ3n) is 13.5. The second-order valence-corrected chi connectivity index (χ2v) is 20.6. The van der Waals surface area contributed by atoms with Gasteiger partial charge in [-0.1, -0.05) is 274 Å². The number of ether oxygens (including phenoxy) is 3. The third kappa shape index (κ3) is 57.9. The SMILES string of the molecule is CC/C=C\C/C=C\C/C=C\C/C=C\CCCCCCCCC(=O)OC(COC(=O)CCCCCCC/C=C\CCCCC)COC(=O)CCCCCCCCCCCCCCCCCCCCCCCC. The number of carbonyl (C=O) groups excluding carboxylic acids is 3. The lowest BCUT2D eigenvalue weighted by atomic mass is 10.0. The van der Waals surface area contributed by atoms with Crippen LogP contribution in [0.2, 0.25) is 0 Å². The Bertz CT molecular complexity index is 1280. The average molecular weight is 994 g/mol. The molecule has 0 radical (unpaired) electrons. The normalized spacial score (nSPS) is 12.4.